The topological polar surface area (TPSA) is 8.17 Å². The van der Waals surface area contributed by atoms with E-state index in [1.807, 2.05) is 0 Å². The summed E-state index contributed by atoms with van der Waals surface area (Å²) in [6, 6.07) is 75.6. The second-order valence-corrected chi connectivity index (χ2v) is 16.4. The van der Waals surface area contributed by atoms with Crippen molar-refractivity contribution in [1.82, 2.24) is 4.57 Å². The van der Waals surface area contributed by atoms with Crippen LogP contribution in [0.5, 0.6) is 0 Å². The zero-order valence-corrected chi connectivity index (χ0v) is 31.6. The molecule has 2 aromatic heterocycles. The molecule has 0 unspecified atom stereocenters. The van der Waals surface area contributed by atoms with E-state index < -0.39 is 0 Å². The summed E-state index contributed by atoms with van der Waals surface area (Å²) in [6.07, 6.45) is 0. The van der Waals surface area contributed by atoms with E-state index in [1.165, 1.54) is 74.1 Å². The van der Waals surface area contributed by atoms with Gasteiger partial charge in [0, 0.05) is 5.69 Å². The van der Waals surface area contributed by atoms with Gasteiger partial charge < -0.3 is 4.57 Å². The van der Waals surface area contributed by atoms with Crippen LogP contribution in [-0.4, -0.2) is 19.1 Å². The molecule has 0 aliphatic heterocycles. The minimum atomic E-state index is 0.332. The number of aromatic nitrogens is 1. The van der Waals surface area contributed by atoms with Crippen molar-refractivity contribution < 1.29 is 0 Å². The molecular weight excluding hydrogens is 732 g/mol. The quantitative estimate of drug-likeness (QED) is 0.153. The van der Waals surface area contributed by atoms with Crippen molar-refractivity contribution in [2.24, 2.45) is 0 Å². The summed E-state index contributed by atoms with van der Waals surface area (Å²) in [7, 11) is 0. The number of nitrogens with zero attached hydrogens (tertiary/aromatic N) is 2. The van der Waals surface area contributed by atoms with Crippen molar-refractivity contribution in [3.63, 3.8) is 0 Å². The molecule has 0 atom stereocenters. The summed E-state index contributed by atoms with van der Waals surface area (Å²) in [5.41, 5.74) is 11.8. The molecule has 0 bridgehead atoms. The smallest absolute Gasteiger partial charge is 0.0602 e. The molecule has 0 aliphatic carbocycles. The molecular formula is C52H34N2Se. The van der Waals surface area contributed by atoms with Crippen LogP contribution in [0.1, 0.15) is 0 Å². The van der Waals surface area contributed by atoms with E-state index in [0.717, 1.165) is 22.7 Å². The number of rotatable bonds is 6. The molecule has 2 nitrogen and oxygen atoms in total. The van der Waals surface area contributed by atoms with E-state index in [9.17, 15) is 0 Å². The van der Waals surface area contributed by atoms with Crippen LogP contribution in [0, 0.1) is 0 Å². The Balaban J connectivity index is 1.05. The Morgan fingerprint density at radius 3 is 1.76 bits per heavy atom. The van der Waals surface area contributed by atoms with E-state index in [4.69, 9.17) is 0 Å². The van der Waals surface area contributed by atoms with Crippen molar-refractivity contribution in [2.45, 2.75) is 0 Å². The van der Waals surface area contributed by atoms with Crippen LogP contribution in [0.4, 0.5) is 17.1 Å². The van der Waals surface area contributed by atoms with Crippen LogP contribution in [0.25, 0.3) is 79.8 Å². The van der Waals surface area contributed by atoms with E-state index in [0.29, 0.717) is 14.5 Å². The average molecular weight is 766 g/mol. The van der Waals surface area contributed by atoms with Crippen molar-refractivity contribution in [3.8, 4) is 27.9 Å². The van der Waals surface area contributed by atoms with Crippen LogP contribution in [0.2, 0.25) is 0 Å². The molecule has 2 heterocycles. The first-order valence-corrected chi connectivity index (χ1v) is 20.5. The van der Waals surface area contributed by atoms with Gasteiger partial charge in [0.15, 0.2) is 0 Å². The summed E-state index contributed by atoms with van der Waals surface area (Å²) >= 11 is 0.332. The number of fused-ring (bicyclic) bond motifs is 7. The fraction of sp³-hybridized carbons (Fsp3) is 0. The van der Waals surface area contributed by atoms with Crippen LogP contribution >= 0.6 is 0 Å². The van der Waals surface area contributed by atoms with E-state index in [2.05, 4.69) is 216 Å². The molecule has 11 rings (SSSR count). The summed E-state index contributed by atoms with van der Waals surface area (Å²) in [5, 5.41) is 7.77. The summed E-state index contributed by atoms with van der Waals surface area (Å²) in [4.78, 5) is 2.40. The van der Waals surface area contributed by atoms with Gasteiger partial charge in [-0.05, 0) is 34.5 Å². The van der Waals surface area contributed by atoms with Crippen molar-refractivity contribution >= 4 is 83.4 Å². The second kappa shape index (κ2) is 13.0. The number of para-hydroxylation sites is 2. The van der Waals surface area contributed by atoms with Gasteiger partial charge in [-0.15, -0.1) is 0 Å². The SMILES string of the molecule is c1ccc(-n2c3ccccc3c3cc(N(c4ccc(-c5ccc6c(c5)[se]c5ccccc56)cc4)c4ccc(-c5cccc6ccccc56)cc4)ccc32)cc1. The Kier molecular flexibility index (Phi) is 7.55. The van der Waals surface area contributed by atoms with Crippen molar-refractivity contribution in [3.05, 3.63) is 206 Å². The molecule has 3 heteroatoms. The number of benzene rings is 9. The Labute approximate surface area is 325 Å². The van der Waals surface area contributed by atoms with Crippen LogP contribution in [-0.2, 0) is 0 Å². The standard InChI is InChI=1S/C52H34N2Se/c1-2-13-39(14-3-1)54-49-19-8-6-16-45(49)48-34-42(30-32-50(48)54)53(41-28-23-37(24-29-41)44-18-10-12-36-11-4-5-15-43(36)44)40-26-21-35(22-27-40)38-25-31-47-46-17-7-9-20-51(46)55-52(47)33-38/h1-34H. The summed E-state index contributed by atoms with van der Waals surface area (Å²) < 4.78 is 5.32. The molecule has 0 saturated heterocycles. The van der Waals surface area contributed by atoms with Crippen molar-refractivity contribution in [2.75, 3.05) is 4.90 Å². The molecule has 0 N–H and O–H groups in total. The Morgan fingerprint density at radius 2 is 0.945 bits per heavy atom. The molecule has 0 saturated carbocycles. The zero-order chi connectivity index (χ0) is 36.3. The summed E-state index contributed by atoms with van der Waals surface area (Å²) in [5.74, 6) is 0. The third-order valence-electron chi connectivity index (χ3n) is 11.0. The zero-order valence-electron chi connectivity index (χ0n) is 29.9. The van der Waals surface area contributed by atoms with Crippen LogP contribution < -0.4 is 4.90 Å². The van der Waals surface area contributed by atoms with Gasteiger partial charge in [-0.25, -0.2) is 0 Å². The van der Waals surface area contributed by atoms with Gasteiger partial charge in [0.2, 0.25) is 0 Å². The number of anilines is 3. The van der Waals surface area contributed by atoms with Gasteiger partial charge >= 0.3 is 198 Å². The van der Waals surface area contributed by atoms with Gasteiger partial charge in [-0.3, -0.25) is 0 Å². The van der Waals surface area contributed by atoms with E-state index in [-0.39, 0.29) is 0 Å². The van der Waals surface area contributed by atoms with Gasteiger partial charge in [0.05, 0.1) is 5.52 Å². The normalized spacial score (nSPS) is 11.6. The Hall–Kier alpha value is -6.64. The third kappa shape index (κ3) is 5.40. The monoisotopic (exact) mass is 766 g/mol. The van der Waals surface area contributed by atoms with Crippen LogP contribution in [0.15, 0.2) is 206 Å². The van der Waals surface area contributed by atoms with Gasteiger partial charge in [0.1, 0.15) is 0 Å². The first kappa shape index (κ1) is 31.8. The molecule has 11 aromatic rings. The predicted molar refractivity (Wildman–Crippen MR) is 236 cm³/mol. The Morgan fingerprint density at radius 1 is 0.345 bits per heavy atom. The number of hydrogen-bond donors (Lipinski definition) is 0. The maximum absolute atomic E-state index is 2.41. The maximum atomic E-state index is 2.41. The van der Waals surface area contributed by atoms with E-state index >= 15 is 0 Å². The minimum Gasteiger partial charge on any atom is -0.0602 e. The molecule has 0 radical (unpaired) electrons. The molecule has 9 aromatic carbocycles. The first-order chi connectivity index (χ1) is 27.3. The molecule has 0 amide bonds. The molecule has 0 spiro atoms. The van der Waals surface area contributed by atoms with Gasteiger partial charge in [-0.2, -0.15) is 0 Å². The molecule has 0 fully saturated rings. The molecule has 0 aliphatic rings. The second-order valence-electron chi connectivity index (χ2n) is 14.2. The number of hydrogen-bond acceptors (Lipinski definition) is 1. The predicted octanol–water partition coefficient (Wildman–Crippen LogP) is 14.1. The minimum absolute atomic E-state index is 0.332. The summed E-state index contributed by atoms with van der Waals surface area (Å²) in [6.45, 7) is 0. The van der Waals surface area contributed by atoms with Crippen molar-refractivity contribution in [1.29, 1.82) is 0 Å². The Bertz CT molecular complexity index is 3180. The van der Waals surface area contributed by atoms with E-state index in [1.54, 1.807) is 0 Å². The molecule has 258 valence electrons. The molecule has 55 heavy (non-hydrogen) atoms. The fourth-order valence-corrected chi connectivity index (χ4v) is 10.8. The van der Waals surface area contributed by atoms with Gasteiger partial charge in [0.25, 0.3) is 0 Å². The third-order valence-corrected chi connectivity index (χ3v) is 13.4. The van der Waals surface area contributed by atoms with Crippen LogP contribution in [0.3, 0.4) is 0 Å². The fourth-order valence-electron chi connectivity index (χ4n) is 8.38. The van der Waals surface area contributed by atoms with Gasteiger partial charge in [-0.1, -0.05) is 78.9 Å². The average Bonchev–Trinajstić information content (AvgIpc) is 3.79. The first-order valence-electron chi connectivity index (χ1n) is 18.8.